The van der Waals surface area contributed by atoms with Crippen LogP contribution in [0.4, 0.5) is 35.1 Å². The Morgan fingerprint density at radius 3 is 2.48 bits per heavy atom. The van der Waals surface area contributed by atoms with Crippen molar-refractivity contribution in [3.63, 3.8) is 0 Å². The average molecular weight is 627 g/mol. The molecule has 3 heterocycles. The molecular formula is C24H22F8N6O3S. The number of alkyl halides is 7. The predicted octanol–water partition coefficient (Wildman–Crippen LogP) is 4.46. The van der Waals surface area contributed by atoms with Crippen molar-refractivity contribution in [3.8, 4) is 0 Å². The lowest BCUT2D eigenvalue weighted by atomic mass is 10.1. The highest BCUT2D eigenvalue weighted by atomic mass is 32.2. The fourth-order valence-electron chi connectivity index (χ4n) is 4.07. The summed E-state index contributed by atoms with van der Waals surface area (Å²) in [6.45, 7) is 4.24. The van der Waals surface area contributed by atoms with Crippen molar-refractivity contribution < 1.29 is 48.3 Å². The van der Waals surface area contributed by atoms with E-state index in [1.807, 2.05) is 0 Å². The summed E-state index contributed by atoms with van der Waals surface area (Å²) < 4.78 is 135. The molecule has 3 atom stereocenters. The summed E-state index contributed by atoms with van der Waals surface area (Å²) in [7, 11) is -4.86. The fourth-order valence-corrected chi connectivity index (χ4v) is 5.86. The van der Waals surface area contributed by atoms with Gasteiger partial charge < -0.3 is 5.32 Å². The van der Waals surface area contributed by atoms with E-state index in [1.54, 1.807) is 0 Å². The van der Waals surface area contributed by atoms with Crippen LogP contribution >= 0.6 is 0 Å². The van der Waals surface area contributed by atoms with Gasteiger partial charge in [-0.25, -0.2) is 32.2 Å². The van der Waals surface area contributed by atoms with Crippen LogP contribution in [0.15, 0.2) is 51.8 Å². The van der Waals surface area contributed by atoms with E-state index in [-0.39, 0.29) is 11.3 Å². The standard InChI is InChI=1S/C24H22F8N6O3S/c1-12(9-37-22(33-3)24(30,31)32)18-7-14(15(11-35-18)23(27,28)29)10-36-20(39)19-8-17(26)13(2)38(19)42(40,41)21-16(25)5-4-6-34-21/h4-7,9,11,13,17,19H,3,8,10H2,1-2H3,(H,36,39)/b12-9+,37-22-/t13-,17+,19-/m0/s1. The molecule has 0 aliphatic carbocycles. The van der Waals surface area contributed by atoms with E-state index >= 15 is 0 Å². The topological polar surface area (TPSA) is 117 Å². The van der Waals surface area contributed by atoms with E-state index in [9.17, 15) is 48.3 Å². The van der Waals surface area contributed by atoms with Gasteiger partial charge >= 0.3 is 12.4 Å². The van der Waals surface area contributed by atoms with Crippen molar-refractivity contribution >= 4 is 34.1 Å². The number of carbonyl (C=O) groups is 1. The van der Waals surface area contributed by atoms with Gasteiger partial charge in [0.25, 0.3) is 10.0 Å². The lowest BCUT2D eigenvalue weighted by Crippen LogP contribution is -2.48. The van der Waals surface area contributed by atoms with Crippen LogP contribution in [0, 0.1) is 5.82 Å². The van der Waals surface area contributed by atoms with Gasteiger partial charge in [-0.15, -0.1) is 0 Å². The molecule has 0 saturated carbocycles. The molecule has 1 aliphatic heterocycles. The summed E-state index contributed by atoms with van der Waals surface area (Å²) in [6.07, 6.45) is -10.4. The van der Waals surface area contributed by atoms with Crippen molar-refractivity contribution in [2.75, 3.05) is 0 Å². The van der Waals surface area contributed by atoms with E-state index in [2.05, 4.69) is 32.0 Å². The van der Waals surface area contributed by atoms with Gasteiger partial charge in [0.05, 0.1) is 17.3 Å². The first-order valence-corrected chi connectivity index (χ1v) is 13.2. The highest BCUT2D eigenvalue weighted by Crippen LogP contribution is 2.35. The van der Waals surface area contributed by atoms with Crippen LogP contribution in [0.25, 0.3) is 5.57 Å². The second kappa shape index (κ2) is 12.2. The lowest BCUT2D eigenvalue weighted by molar-refractivity contribution is -0.138. The molecule has 9 nitrogen and oxygen atoms in total. The first-order chi connectivity index (χ1) is 19.4. The third-order valence-electron chi connectivity index (χ3n) is 6.17. The smallest absolute Gasteiger partial charge is 0.351 e. The Hall–Kier alpha value is -3.80. The zero-order valence-corrected chi connectivity index (χ0v) is 22.5. The number of allylic oxidation sites excluding steroid dienone is 1. The van der Waals surface area contributed by atoms with Gasteiger partial charge in [0.1, 0.15) is 12.2 Å². The maximum absolute atomic E-state index is 14.6. The van der Waals surface area contributed by atoms with Crippen molar-refractivity contribution in [2.24, 2.45) is 9.98 Å². The molecule has 1 amide bonds. The van der Waals surface area contributed by atoms with Crippen molar-refractivity contribution in [2.45, 2.75) is 62.4 Å². The molecule has 18 heteroatoms. The summed E-state index contributed by atoms with van der Waals surface area (Å²) in [5.41, 5.74) is -2.26. The quantitative estimate of drug-likeness (QED) is 0.277. The number of hydrogen-bond donors (Lipinski definition) is 1. The molecule has 1 fully saturated rings. The number of sulfonamides is 1. The second-order valence-electron chi connectivity index (χ2n) is 9.00. The zero-order valence-electron chi connectivity index (χ0n) is 21.7. The molecule has 1 aliphatic rings. The molecule has 0 spiro atoms. The van der Waals surface area contributed by atoms with Gasteiger partial charge in [-0.1, -0.05) is 0 Å². The number of nitrogens with zero attached hydrogens (tertiary/aromatic N) is 5. The number of amidine groups is 1. The van der Waals surface area contributed by atoms with E-state index in [0.717, 1.165) is 31.3 Å². The highest BCUT2D eigenvalue weighted by molar-refractivity contribution is 7.89. The molecule has 1 N–H and O–H groups in total. The Morgan fingerprint density at radius 1 is 1.24 bits per heavy atom. The van der Waals surface area contributed by atoms with Crippen LogP contribution in [0.5, 0.6) is 0 Å². The number of halogens is 8. The Kier molecular flexibility index (Phi) is 9.51. The number of pyridine rings is 2. The van der Waals surface area contributed by atoms with Gasteiger partial charge in [-0.2, -0.15) is 30.6 Å². The van der Waals surface area contributed by atoms with Crippen LogP contribution in [0.2, 0.25) is 0 Å². The number of aliphatic imine (C=N–C) groups is 2. The molecule has 2 aromatic heterocycles. The van der Waals surface area contributed by atoms with E-state index < -0.39 is 87.3 Å². The van der Waals surface area contributed by atoms with Gasteiger partial charge in [-0.05, 0) is 49.9 Å². The molecule has 0 radical (unpaired) electrons. The Morgan fingerprint density at radius 2 is 1.90 bits per heavy atom. The van der Waals surface area contributed by atoms with Crippen molar-refractivity contribution in [1.29, 1.82) is 0 Å². The zero-order chi connectivity index (χ0) is 31.6. The Bertz CT molecular complexity index is 1520. The normalized spacial score (nSPS) is 21.0. The predicted molar refractivity (Wildman–Crippen MR) is 134 cm³/mol. The number of amides is 1. The van der Waals surface area contributed by atoms with Crippen LogP contribution in [0.1, 0.15) is 37.1 Å². The lowest BCUT2D eigenvalue weighted by Gasteiger charge is -2.26. The Balaban J connectivity index is 1.93. The summed E-state index contributed by atoms with van der Waals surface area (Å²) in [5.74, 6) is -4.05. The first kappa shape index (κ1) is 32.7. The van der Waals surface area contributed by atoms with Crippen molar-refractivity contribution in [1.82, 2.24) is 19.6 Å². The van der Waals surface area contributed by atoms with Gasteiger partial charge in [0, 0.05) is 31.6 Å². The van der Waals surface area contributed by atoms with Crippen LogP contribution < -0.4 is 5.32 Å². The molecule has 0 unspecified atom stereocenters. The second-order valence-corrected chi connectivity index (χ2v) is 10.8. The van der Waals surface area contributed by atoms with Crippen LogP contribution in [-0.4, -0.2) is 65.6 Å². The number of aromatic nitrogens is 2. The van der Waals surface area contributed by atoms with Gasteiger partial charge in [-0.3, -0.25) is 9.78 Å². The van der Waals surface area contributed by atoms with Gasteiger partial charge in [0.15, 0.2) is 5.82 Å². The molecule has 3 rings (SSSR count). The summed E-state index contributed by atoms with van der Waals surface area (Å²) >= 11 is 0. The maximum Gasteiger partial charge on any atom is 0.451 e. The highest BCUT2D eigenvalue weighted by Gasteiger charge is 2.50. The molecule has 2 aromatic rings. The molecule has 228 valence electrons. The molecule has 1 saturated heterocycles. The molecule has 0 aromatic carbocycles. The number of nitrogens with one attached hydrogen (secondary N) is 1. The average Bonchev–Trinajstić information content (AvgIpc) is 3.20. The summed E-state index contributed by atoms with van der Waals surface area (Å²) in [4.78, 5) is 26.0. The summed E-state index contributed by atoms with van der Waals surface area (Å²) in [5, 5.41) is 1.07. The fraction of sp³-hybridized carbons (Fsp3) is 0.375. The SMILES string of the molecule is C=N/C(=N\C=C(/C)c1cc(CNC(=O)[C@@H]2C[C@@H](F)[C@H](C)N2S(=O)(=O)c2ncccc2F)c(C(F)(F)F)cn1)C(F)(F)F. The minimum absolute atomic E-state index is 0.110. The largest absolute Gasteiger partial charge is 0.451 e. The minimum Gasteiger partial charge on any atom is -0.351 e. The number of rotatable bonds is 7. The van der Waals surface area contributed by atoms with Crippen molar-refractivity contribution in [3.05, 3.63) is 59.4 Å². The number of hydrogen-bond acceptors (Lipinski definition) is 6. The first-order valence-electron chi connectivity index (χ1n) is 11.8. The van der Waals surface area contributed by atoms with Gasteiger partial charge in [0.2, 0.25) is 16.8 Å². The van der Waals surface area contributed by atoms with E-state index in [4.69, 9.17) is 0 Å². The molecular weight excluding hydrogens is 604 g/mol. The number of carbonyl (C=O) groups excluding carboxylic acids is 1. The van der Waals surface area contributed by atoms with E-state index in [1.165, 1.54) is 6.92 Å². The Labute approximate surface area is 234 Å². The monoisotopic (exact) mass is 626 g/mol. The van der Waals surface area contributed by atoms with Crippen LogP contribution in [0.3, 0.4) is 0 Å². The molecule has 42 heavy (non-hydrogen) atoms. The third kappa shape index (κ3) is 6.97. The summed E-state index contributed by atoms with van der Waals surface area (Å²) in [6, 6.07) is -0.459. The molecule has 0 bridgehead atoms. The van der Waals surface area contributed by atoms with E-state index in [0.29, 0.717) is 16.7 Å². The third-order valence-corrected chi connectivity index (χ3v) is 8.10. The van der Waals surface area contributed by atoms with Crippen LogP contribution in [-0.2, 0) is 27.5 Å². The maximum atomic E-state index is 14.6. The minimum atomic E-state index is -4.98.